The van der Waals surface area contributed by atoms with Crippen molar-refractivity contribution in [3.05, 3.63) is 111 Å². The van der Waals surface area contributed by atoms with Crippen LogP contribution in [-0.4, -0.2) is 93.2 Å². The number of hydrogen-bond donors (Lipinski definition) is 7. The van der Waals surface area contributed by atoms with Crippen molar-refractivity contribution in [2.75, 3.05) is 32.8 Å². The van der Waals surface area contributed by atoms with Crippen LogP contribution >= 0.6 is 0 Å². The molecular weight excluding hydrogens is 877 g/mol. The zero-order valence-electron chi connectivity index (χ0n) is 41.2. The number of benzene rings is 3. The molecule has 374 valence electrons. The minimum absolute atomic E-state index is 0.00314. The Morgan fingerprint density at radius 2 is 1.90 bits per heavy atom. The number of nitrogens with one attached hydrogen (secondary N) is 1. The van der Waals surface area contributed by atoms with E-state index < -0.39 is 18.3 Å². The Balaban J connectivity index is 0.660. The Kier molecular flexibility index (Phi) is 15.2. The van der Waals surface area contributed by atoms with Gasteiger partial charge in [0.25, 0.3) is 0 Å². The number of aryl methyl sites for hydroxylation is 1. The third-order valence-electron chi connectivity index (χ3n) is 17.2. The van der Waals surface area contributed by atoms with Crippen LogP contribution in [0.2, 0.25) is 0 Å². The Labute approximate surface area is 414 Å². The molecule has 3 aromatic rings. The van der Waals surface area contributed by atoms with E-state index in [4.69, 9.17) is 20.2 Å². The predicted molar refractivity (Wildman–Crippen MR) is 277 cm³/mol. The van der Waals surface area contributed by atoms with Gasteiger partial charge < -0.3 is 46.1 Å². The molecule has 9 unspecified atom stereocenters. The second kappa shape index (κ2) is 21.7. The summed E-state index contributed by atoms with van der Waals surface area (Å²) in [7, 11) is 0. The van der Waals surface area contributed by atoms with Crippen molar-refractivity contribution in [3.63, 3.8) is 0 Å². The number of nitrogens with two attached hydrogens (primary N) is 1. The smallest absolute Gasteiger partial charge is 0.208 e. The zero-order chi connectivity index (χ0) is 48.4. The molecule has 9 N–H and O–H groups in total. The molecule has 9 atom stereocenters. The Hall–Kier alpha value is -4.46. The SMILES string of the molecule is CC(O)CNCC1[C+]2C=C(C(O)COc3cc(CC[C-]4C=C(CO)C(CCCCCCC(N)CC5C=Cc6c(ccc7cc8c(cc67)=CCN=8)C5O)[OH+]4)ccc3O)N=C2CC2(CCCC2)C2CCCC12. The van der Waals surface area contributed by atoms with Gasteiger partial charge in [0, 0.05) is 44.5 Å². The molecular formula is C59H77N4O7+. The fraction of sp³-hybridized carbons (Fsp3) is 0.559. The van der Waals surface area contributed by atoms with Crippen molar-refractivity contribution in [2.24, 2.45) is 44.8 Å². The van der Waals surface area contributed by atoms with Crippen molar-refractivity contribution in [1.29, 1.82) is 0 Å². The Morgan fingerprint density at radius 1 is 1.04 bits per heavy atom. The molecule has 11 nitrogen and oxygen atoms in total. The highest BCUT2D eigenvalue weighted by atomic mass is 16.5. The van der Waals surface area contributed by atoms with Crippen LogP contribution in [-0.2, 0) is 6.42 Å². The summed E-state index contributed by atoms with van der Waals surface area (Å²) in [5.74, 6) is 3.21. The van der Waals surface area contributed by atoms with Gasteiger partial charge in [0.2, 0.25) is 5.70 Å². The van der Waals surface area contributed by atoms with Gasteiger partial charge >= 0.3 is 0 Å². The Morgan fingerprint density at radius 3 is 2.74 bits per heavy atom. The van der Waals surface area contributed by atoms with Crippen molar-refractivity contribution < 1.29 is 35.0 Å². The van der Waals surface area contributed by atoms with Crippen LogP contribution in [0.3, 0.4) is 0 Å². The van der Waals surface area contributed by atoms with Gasteiger partial charge in [-0.05, 0) is 139 Å². The maximum atomic E-state index is 11.5. The largest absolute Gasteiger partial charge is 0.504 e. The fourth-order valence-electron chi connectivity index (χ4n) is 13.6. The van der Waals surface area contributed by atoms with E-state index in [1.54, 1.807) is 6.07 Å². The van der Waals surface area contributed by atoms with E-state index in [0.29, 0.717) is 54.0 Å². The molecule has 0 aromatic heterocycles. The molecule has 70 heavy (non-hydrogen) atoms. The summed E-state index contributed by atoms with van der Waals surface area (Å²) in [5.41, 5.74) is 12.8. The molecule has 4 aliphatic carbocycles. The topological polar surface area (TPSA) is 186 Å². The van der Waals surface area contributed by atoms with Gasteiger partial charge in [-0.2, -0.15) is 0 Å². The number of aliphatic imine (C=N–C) groups is 1. The number of nitrogens with zero attached hydrogens (tertiary/aromatic N) is 2. The van der Waals surface area contributed by atoms with Crippen LogP contribution in [0, 0.1) is 41.1 Å². The highest BCUT2D eigenvalue weighted by Crippen LogP contribution is 2.61. The maximum Gasteiger partial charge on any atom is 0.208 e. The third kappa shape index (κ3) is 10.5. The van der Waals surface area contributed by atoms with Gasteiger partial charge in [-0.15, -0.1) is 16.6 Å². The molecule has 3 saturated carbocycles. The molecule has 0 bridgehead atoms. The summed E-state index contributed by atoms with van der Waals surface area (Å²) < 4.78 is 11.2. The minimum Gasteiger partial charge on any atom is -0.504 e. The first kappa shape index (κ1) is 49.1. The van der Waals surface area contributed by atoms with Gasteiger partial charge in [0.15, 0.2) is 17.6 Å². The van der Waals surface area contributed by atoms with Gasteiger partial charge in [0.05, 0.1) is 36.1 Å². The van der Waals surface area contributed by atoms with Crippen LogP contribution in [0.1, 0.15) is 132 Å². The van der Waals surface area contributed by atoms with Crippen molar-refractivity contribution >= 4 is 28.6 Å². The quantitative estimate of drug-likeness (QED) is 0.0329. The standard InChI is InChI=1S/C59H76N4O7/c1-36(65)32-61-33-49-45-10-8-11-50(45)59(22-6-7-23-59)31-53-48(49)30-52(63-53)55(67)35-69-57-25-37(14-20-54(57)66)13-17-43-27-41(34-64)56(70-43)12-5-3-2-4-9-42(60)26-40-16-18-44-46(58(40)68)19-15-38-29-51-39(21-24-62-51)28-47(38)44/h14-16,18-21,25,27-30,36,40,42,45,49-50,55-56,58,61,64-65,67-68,70H,2-13,17,22-24,26,31-35,60H2,1H3/p+1. The molecule has 1 spiro atoms. The first-order valence-corrected chi connectivity index (χ1v) is 26.8. The van der Waals surface area contributed by atoms with Gasteiger partial charge in [-0.25, -0.2) is 0 Å². The van der Waals surface area contributed by atoms with E-state index in [2.05, 4.69) is 65.0 Å². The van der Waals surface area contributed by atoms with Crippen molar-refractivity contribution in [1.82, 2.24) is 5.32 Å². The number of phenols is 1. The minimum atomic E-state index is -0.943. The van der Waals surface area contributed by atoms with E-state index in [-0.39, 0.29) is 37.0 Å². The molecule has 0 amide bonds. The summed E-state index contributed by atoms with van der Waals surface area (Å²) in [6.45, 7) is 3.88. The van der Waals surface area contributed by atoms with E-state index in [1.807, 2.05) is 19.1 Å². The van der Waals surface area contributed by atoms with Gasteiger partial charge in [-0.3, -0.25) is 4.99 Å². The summed E-state index contributed by atoms with van der Waals surface area (Å²) in [5, 5.41) is 62.1. The van der Waals surface area contributed by atoms with Gasteiger partial charge in [-0.1, -0.05) is 75.0 Å². The number of unbranched alkanes of at least 4 members (excludes halogenated alkanes) is 3. The number of hydrogen-bond acceptors (Lipinski definition) is 10. The average Bonchev–Trinajstić information content (AvgIpc) is 4.22. The second-order valence-electron chi connectivity index (χ2n) is 22.0. The monoisotopic (exact) mass is 954 g/mol. The van der Waals surface area contributed by atoms with E-state index in [9.17, 15) is 25.5 Å². The second-order valence-corrected chi connectivity index (χ2v) is 22.0. The van der Waals surface area contributed by atoms with Crippen LogP contribution in [0.5, 0.6) is 11.5 Å². The number of aromatic hydroxyl groups is 1. The first-order valence-electron chi connectivity index (χ1n) is 26.8. The molecule has 0 radical (unpaired) electrons. The fourth-order valence-corrected chi connectivity index (χ4v) is 13.6. The summed E-state index contributed by atoms with van der Waals surface area (Å²) in [6.07, 6.45) is 27.8. The number of fused-ring (bicyclic) bond motifs is 7. The highest BCUT2D eigenvalue weighted by molar-refractivity contribution is 6.03. The molecule has 0 saturated heterocycles. The predicted octanol–water partition coefficient (Wildman–Crippen LogP) is 7.31. The molecule has 3 heterocycles. The molecule has 7 aliphatic rings. The summed E-state index contributed by atoms with van der Waals surface area (Å²) in [4.78, 5) is 9.72. The number of allylic oxidation sites excluding steroid dienone is 1. The number of phenolic OH excluding ortho intramolecular Hbond substituents is 1. The lowest BCUT2D eigenvalue weighted by Gasteiger charge is -2.37. The lowest BCUT2D eigenvalue weighted by Crippen LogP contribution is -2.38. The van der Waals surface area contributed by atoms with Crippen LogP contribution in [0.15, 0.2) is 81.9 Å². The molecule has 3 fully saturated rings. The molecule has 3 aliphatic heterocycles. The highest BCUT2D eigenvalue weighted by Gasteiger charge is 2.58. The summed E-state index contributed by atoms with van der Waals surface area (Å²) in [6, 6.07) is 14.0. The number of aliphatic hydroxyl groups excluding tert-OH is 4. The average molecular weight is 954 g/mol. The first-order chi connectivity index (χ1) is 34.1. The third-order valence-corrected chi connectivity index (χ3v) is 17.2. The lowest BCUT2D eigenvalue weighted by atomic mass is 9.66. The lowest BCUT2D eigenvalue weighted by molar-refractivity contribution is -0.0552. The normalized spacial score (nSPS) is 26.5. The van der Waals surface area contributed by atoms with Crippen LogP contribution in [0.4, 0.5) is 0 Å². The van der Waals surface area contributed by atoms with E-state index in [1.165, 1.54) is 61.5 Å². The van der Waals surface area contributed by atoms with Crippen molar-refractivity contribution in [3.8, 4) is 11.5 Å². The summed E-state index contributed by atoms with van der Waals surface area (Å²) >= 11 is 0. The van der Waals surface area contributed by atoms with Gasteiger partial charge in [0.1, 0.15) is 30.4 Å². The number of rotatable bonds is 21. The van der Waals surface area contributed by atoms with Crippen LogP contribution in [0.25, 0.3) is 22.9 Å². The maximum absolute atomic E-state index is 11.5. The number of aliphatic hydroxyl groups is 6. The molecule has 3 aromatic carbocycles. The molecule has 10 rings (SSSR count). The van der Waals surface area contributed by atoms with E-state index in [0.717, 1.165) is 109 Å². The zero-order valence-corrected chi connectivity index (χ0v) is 41.2. The van der Waals surface area contributed by atoms with Crippen LogP contribution < -0.4 is 26.4 Å². The van der Waals surface area contributed by atoms with E-state index >= 15 is 0 Å². The number of ether oxygens (including phenoxy) is 2. The Bertz CT molecular complexity index is 2600. The molecule has 11 heteroatoms. The van der Waals surface area contributed by atoms with Crippen molar-refractivity contribution in [2.45, 2.75) is 147 Å².